The van der Waals surface area contributed by atoms with Crippen LogP contribution in [0.3, 0.4) is 0 Å². The monoisotopic (exact) mass is 311 g/mol. The number of benzene rings is 2. The maximum absolute atomic E-state index is 12.9. The Bertz CT molecular complexity index is 807. The van der Waals surface area contributed by atoms with Crippen LogP contribution in [-0.2, 0) is 0 Å². The number of carbonyl (C=O) groups is 2. The fraction of sp³-hybridized carbons (Fsp3) is 0.263. The highest BCUT2D eigenvalue weighted by molar-refractivity contribution is 6.31. The Morgan fingerprint density at radius 3 is 1.74 bits per heavy atom. The zero-order valence-corrected chi connectivity index (χ0v) is 14.1. The summed E-state index contributed by atoms with van der Waals surface area (Å²) < 4.78 is 0. The number of nitrogens with one attached hydrogen (secondary N) is 1. The lowest BCUT2D eigenvalue weighted by Crippen LogP contribution is -2.24. The van der Waals surface area contributed by atoms with Crippen LogP contribution in [0.5, 0.6) is 5.75 Å². The number of fused-ring (bicyclic) bond motifs is 2. The summed E-state index contributed by atoms with van der Waals surface area (Å²) in [5, 5.41) is 13.0. The first-order valence-corrected chi connectivity index (χ1v) is 7.70. The van der Waals surface area contributed by atoms with Crippen LogP contribution >= 0.6 is 0 Å². The van der Waals surface area contributed by atoms with Gasteiger partial charge >= 0.3 is 0 Å². The zero-order chi connectivity index (χ0) is 17.3. The van der Waals surface area contributed by atoms with Crippen molar-refractivity contribution in [2.24, 2.45) is 0 Å². The highest BCUT2D eigenvalue weighted by atomic mass is 16.3. The Balaban J connectivity index is 0.000000924. The first-order chi connectivity index (χ1) is 11.0. The number of phenolic OH excluding ortho intramolecular Hbond substituents is 1. The highest BCUT2D eigenvalue weighted by Crippen LogP contribution is 2.38. The van der Waals surface area contributed by atoms with E-state index in [1.807, 2.05) is 32.9 Å². The Labute approximate surface area is 136 Å². The molecule has 0 radical (unpaired) electrons. The minimum atomic E-state index is -0.296. The fourth-order valence-electron chi connectivity index (χ4n) is 2.91. The van der Waals surface area contributed by atoms with Crippen LogP contribution in [0.2, 0.25) is 0 Å². The van der Waals surface area contributed by atoms with Gasteiger partial charge in [-0.1, -0.05) is 26.0 Å². The molecule has 1 aliphatic carbocycles. The van der Waals surface area contributed by atoms with Crippen LogP contribution in [0.1, 0.15) is 56.8 Å². The average Bonchev–Trinajstić information content (AvgIpc) is 2.56. The summed E-state index contributed by atoms with van der Waals surface area (Å²) >= 11 is 0. The number of carbonyl (C=O) groups excluding carboxylic acids is 2. The molecule has 0 aromatic heterocycles. The maximum Gasteiger partial charge on any atom is 0.198 e. The van der Waals surface area contributed by atoms with E-state index >= 15 is 0 Å². The standard InChI is InChI=1S/C17H15NO3.C2H6/c1-8-4-5-9(2)13-12(8)16(20)14-10(18-3)6-7-11(19)15(14)17(13)21;1-2/h4-7,18-19H,1-3H3;1-2H3. The van der Waals surface area contributed by atoms with Gasteiger partial charge in [-0.25, -0.2) is 0 Å². The van der Waals surface area contributed by atoms with Crippen LogP contribution in [0.25, 0.3) is 0 Å². The number of ketones is 2. The van der Waals surface area contributed by atoms with Crippen molar-refractivity contribution in [1.29, 1.82) is 0 Å². The summed E-state index contributed by atoms with van der Waals surface area (Å²) in [6.45, 7) is 7.61. The van der Waals surface area contributed by atoms with Gasteiger partial charge < -0.3 is 10.4 Å². The van der Waals surface area contributed by atoms with E-state index in [4.69, 9.17) is 0 Å². The van der Waals surface area contributed by atoms with Gasteiger partial charge in [-0.05, 0) is 37.1 Å². The van der Waals surface area contributed by atoms with E-state index in [9.17, 15) is 14.7 Å². The molecular weight excluding hydrogens is 290 g/mol. The second-order valence-corrected chi connectivity index (χ2v) is 5.24. The second kappa shape index (κ2) is 6.24. The molecule has 0 atom stereocenters. The number of hydrogen-bond acceptors (Lipinski definition) is 4. The largest absolute Gasteiger partial charge is 0.507 e. The van der Waals surface area contributed by atoms with E-state index in [0.717, 1.165) is 11.1 Å². The molecule has 2 aromatic carbocycles. The number of aryl methyl sites for hydroxylation is 2. The van der Waals surface area contributed by atoms with Gasteiger partial charge in [0.05, 0.1) is 11.1 Å². The van der Waals surface area contributed by atoms with Gasteiger partial charge in [0.25, 0.3) is 0 Å². The van der Waals surface area contributed by atoms with Crippen LogP contribution in [0.4, 0.5) is 5.69 Å². The molecule has 3 rings (SSSR count). The van der Waals surface area contributed by atoms with Gasteiger partial charge in [-0.15, -0.1) is 0 Å². The van der Waals surface area contributed by atoms with Gasteiger partial charge in [-0.2, -0.15) is 0 Å². The molecule has 0 saturated carbocycles. The van der Waals surface area contributed by atoms with Crippen molar-refractivity contribution in [2.45, 2.75) is 27.7 Å². The minimum Gasteiger partial charge on any atom is -0.507 e. The molecule has 0 spiro atoms. The minimum absolute atomic E-state index is 0.0908. The van der Waals surface area contributed by atoms with Gasteiger partial charge in [0.2, 0.25) is 0 Å². The number of anilines is 1. The Hall–Kier alpha value is -2.62. The van der Waals surface area contributed by atoms with Gasteiger partial charge in [0.15, 0.2) is 11.6 Å². The summed E-state index contributed by atoms with van der Waals surface area (Å²) in [5.74, 6) is -0.676. The Morgan fingerprint density at radius 2 is 1.26 bits per heavy atom. The lowest BCUT2D eigenvalue weighted by molar-refractivity contribution is 0.0976. The third-order valence-electron chi connectivity index (χ3n) is 3.98. The molecule has 2 aromatic rings. The molecule has 0 bridgehead atoms. The molecule has 0 heterocycles. The quantitative estimate of drug-likeness (QED) is 0.670. The summed E-state index contributed by atoms with van der Waals surface area (Å²) in [6.07, 6.45) is 0. The van der Waals surface area contributed by atoms with Crippen molar-refractivity contribution in [3.05, 3.63) is 57.6 Å². The number of rotatable bonds is 1. The lowest BCUT2D eigenvalue weighted by Gasteiger charge is -2.23. The Kier molecular flexibility index (Phi) is 4.55. The predicted molar refractivity (Wildman–Crippen MR) is 91.8 cm³/mol. The van der Waals surface area contributed by atoms with E-state index in [-0.39, 0.29) is 28.4 Å². The third-order valence-corrected chi connectivity index (χ3v) is 3.98. The summed E-state index contributed by atoms with van der Waals surface area (Å²) in [7, 11) is 1.68. The van der Waals surface area contributed by atoms with Crippen molar-refractivity contribution in [2.75, 3.05) is 12.4 Å². The highest BCUT2D eigenvalue weighted by Gasteiger charge is 2.35. The van der Waals surface area contributed by atoms with Crippen molar-refractivity contribution in [3.63, 3.8) is 0 Å². The van der Waals surface area contributed by atoms with E-state index in [1.165, 1.54) is 6.07 Å². The van der Waals surface area contributed by atoms with E-state index in [2.05, 4.69) is 5.32 Å². The number of aromatic hydroxyl groups is 1. The van der Waals surface area contributed by atoms with E-state index in [1.54, 1.807) is 20.0 Å². The molecule has 0 unspecified atom stereocenters. The fourth-order valence-corrected chi connectivity index (χ4v) is 2.91. The van der Waals surface area contributed by atoms with Crippen LogP contribution in [-0.4, -0.2) is 23.7 Å². The topological polar surface area (TPSA) is 66.4 Å². The van der Waals surface area contributed by atoms with E-state index < -0.39 is 0 Å². The van der Waals surface area contributed by atoms with Crippen molar-refractivity contribution in [1.82, 2.24) is 0 Å². The molecule has 23 heavy (non-hydrogen) atoms. The molecule has 0 aliphatic heterocycles. The second-order valence-electron chi connectivity index (χ2n) is 5.24. The molecule has 4 nitrogen and oxygen atoms in total. The molecule has 1 aliphatic rings. The van der Waals surface area contributed by atoms with Crippen LogP contribution < -0.4 is 5.32 Å². The lowest BCUT2D eigenvalue weighted by atomic mass is 9.79. The van der Waals surface area contributed by atoms with Crippen LogP contribution in [0, 0.1) is 13.8 Å². The maximum atomic E-state index is 12.9. The average molecular weight is 311 g/mol. The summed E-state index contributed by atoms with van der Waals surface area (Å²) in [6, 6.07) is 6.71. The number of phenols is 1. The van der Waals surface area contributed by atoms with Crippen molar-refractivity contribution < 1.29 is 14.7 Å². The first kappa shape index (κ1) is 16.7. The van der Waals surface area contributed by atoms with E-state index in [0.29, 0.717) is 16.8 Å². The first-order valence-electron chi connectivity index (χ1n) is 7.70. The normalized spacial score (nSPS) is 12.0. The number of hydrogen-bond donors (Lipinski definition) is 2. The molecule has 4 heteroatoms. The van der Waals surface area contributed by atoms with Gasteiger partial charge in [0.1, 0.15) is 5.75 Å². The van der Waals surface area contributed by atoms with Crippen LogP contribution in [0.15, 0.2) is 24.3 Å². The smallest absolute Gasteiger partial charge is 0.198 e. The molecule has 2 N–H and O–H groups in total. The van der Waals surface area contributed by atoms with Crippen molar-refractivity contribution >= 4 is 17.3 Å². The third kappa shape index (κ3) is 2.40. The Morgan fingerprint density at radius 1 is 0.783 bits per heavy atom. The summed E-state index contributed by atoms with van der Waals surface area (Å²) in [4.78, 5) is 25.6. The van der Waals surface area contributed by atoms with Gasteiger partial charge in [-0.3, -0.25) is 9.59 Å². The van der Waals surface area contributed by atoms with Gasteiger partial charge in [0, 0.05) is 23.9 Å². The molecule has 0 amide bonds. The van der Waals surface area contributed by atoms with Crippen molar-refractivity contribution in [3.8, 4) is 5.75 Å². The molecule has 0 saturated heterocycles. The summed E-state index contributed by atoms with van der Waals surface area (Å²) in [5.41, 5.74) is 3.24. The SMILES string of the molecule is CC.CNc1ccc(O)c2c1C(=O)c1c(C)ccc(C)c1C2=O. The molecule has 0 fully saturated rings. The molecular formula is C19H21NO3. The predicted octanol–water partition coefficient (Wildman–Crippen LogP) is 3.85. The molecule has 120 valence electrons. The zero-order valence-electron chi connectivity index (χ0n) is 14.1.